The quantitative estimate of drug-likeness (QED) is 0.0283. The molecule has 0 aliphatic carbocycles. The number of ether oxygens (including phenoxy) is 2. The predicted molar refractivity (Wildman–Crippen MR) is 302 cm³/mol. The number of para-hydroxylation sites is 1. The molecule has 18 N–H and O–H groups in total. The summed E-state index contributed by atoms with van der Waals surface area (Å²) in [6.45, 7) is 1.46. The smallest absolute Gasteiger partial charge is 0.247 e. The van der Waals surface area contributed by atoms with Crippen LogP contribution in [0, 0.1) is 17.7 Å². The third-order valence-electron chi connectivity index (χ3n) is 14.8. The monoisotopic (exact) mass is 1180 g/mol. The van der Waals surface area contributed by atoms with Crippen LogP contribution in [0.5, 0.6) is 11.5 Å². The number of aryl methyl sites for hydroxylation is 1. The molecule has 3 fully saturated rings. The number of aliphatic hydroxyl groups is 7. The van der Waals surface area contributed by atoms with E-state index in [-0.39, 0.29) is 24.1 Å². The molecule has 0 bridgehead atoms. The first-order chi connectivity index (χ1) is 40.6. The molecule has 3 aliphatic rings. The van der Waals surface area contributed by atoms with Crippen LogP contribution in [0.1, 0.15) is 30.9 Å². The highest BCUT2D eigenvalue weighted by Crippen LogP contribution is 2.34. The number of amides is 5. The number of aromatic nitrogens is 1. The van der Waals surface area contributed by atoms with E-state index in [0.717, 1.165) is 15.4 Å². The molecule has 8 rings (SSSR count). The second-order valence-electron chi connectivity index (χ2n) is 20.8. The predicted octanol–water partition coefficient (Wildman–Crippen LogP) is -3.65. The van der Waals surface area contributed by atoms with Crippen molar-refractivity contribution in [3.63, 3.8) is 0 Å². The van der Waals surface area contributed by atoms with Gasteiger partial charge in [-0.15, -0.1) is 0 Å². The van der Waals surface area contributed by atoms with E-state index < -0.39 is 153 Å². The molecule has 29 nitrogen and oxygen atoms in total. The van der Waals surface area contributed by atoms with Crippen LogP contribution in [-0.2, 0) is 33.5 Å². The Kier molecular flexibility index (Phi) is 20.1. The van der Waals surface area contributed by atoms with Crippen LogP contribution < -0.4 is 52.6 Å². The standard InChI is InChI=1S/C56H68N13O16/c1-26-12-15-32(16-13-26)83-33-11-7-8-30(18-33)53-64-34-19-29(14-17-39(34)84-53)27(2)38(24-71)68(31-9-5-4-6-10-31)41(73)22-60-50(80)36(23-70)63-51(81)43(67-52(82)42(66-49(79)28(3)57)44(74)35-20-61-55(58)65-35)45(75)37-21-62-56(59)69(37)54-48(78)47(77)46(76)40(25-72)85-54/h4-19,27-28,35-38,40,42-48,54,70,72,74-78H,20-23,25,57H2,1-3H3,(H2,59,62)(H,60,80)(H,63,81)(H,66,79)(H,67,82)(H3,58,61,65)/t27?,28-,35?,36-,37?,38+,40?,42-,43-,44?,45?,46?,47?,48?,54?/m0/s1. The van der Waals surface area contributed by atoms with Crippen molar-refractivity contribution >= 4 is 64.5 Å². The fraction of sp³-hybridized carbons (Fsp3) is 0.411. The van der Waals surface area contributed by atoms with Crippen molar-refractivity contribution in [3.8, 4) is 23.0 Å². The molecule has 4 heterocycles. The average Bonchev–Trinajstić information content (AvgIpc) is 2.15. The van der Waals surface area contributed by atoms with Crippen molar-refractivity contribution < 1.29 is 78.4 Å². The number of nitrogens with two attached hydrogens (primary N) is 1. The van der Waals surface area contributed by atoms with E-state index in [9.17, 15) is 64.5 Å². The van der Waals surface area contributed by atoms with Gasteiger partial charge in [0, 0.05) is 30.3 Å². The van der Waals surface area contributed by atoms with Gasteiger partial charge in [-0.2, -0.15) is 0 Å². The van der Waals surface area contributed by atoms with Crippen LogP contribution in [0.2, 0.25) is 0 Å². The molecule has 0 spiro atoms. The number of nitrogens with zero attached hydrogens (tertiary/aromatic N) is 3. The number of aliphatic hydroxyl groups excluding tert-OH is 7. The van der Waals surface area contributed by atoms with E-state index in [1.807, 2.05) is 43.5 Å². The highest BCUT2D eigenvalue weighted by Gasteiger charge is 2.53. The van der Waals surface area contributed by atoms with Crippen LogP contribution in [-0.4, -0.2) is 211 Å². The Balaban J connectivity index is 1.01. The molecule has 1 radical (unpaired) electrons. The number of hydrogen-bond donors (Lipinski definition) is 17. The zero-order chi connectivity index (χ0) is 61.4. The Labute approximate surface area is 485 Å². The first-order valence-corrected chi connectivity index (χ1v) is 27.0. The summed E-state index contributed by atoms with van der Waals surface area (Å²) in [6.07, 6.45) is -11.3. The lowest BCUT2D eigenvalue weighted by Gasteiger charge is -2.46. The van der Waals surface area contributed by atoms with Gasteiger partial charge in [0.05, 0.1) is 37.9 Å². The molecule has 5 aromatic rings. The minimum atomic E-state index is -2.28. The molecule has 3 saturated heterocycles. The lowest BCUT2D eigenvalue weighted by molar-refractivity contribution is -0.260. The first kappa shape index (κ1) is 62.4. The summed E-state index contributed by atoms with van der Waals surface area (Å²) in [7, 11) is 0. The molecule has 29 heteroatoms. The summed E-state index contributed by atoms with van der Waals surface area (Å²) >= 11 is 0. The van der Waals surface area contributed by atoms with Gasteiger partial charge in [0.25, 0.3) is 0 Å². The van der Waals surface area contributed by atoms with Gasteiger partial charge in [-0.25, -0.2) is 4.98 Å². The van der Waals surface area contributed by atoms with Crippen molar-refractivity contribution in [2.45, 2.75) is 112 Å². The molecular formula is C56H68N13O16. The Hall–Kier alpha value is -8.65. The van der Waals surface area contributed by atoms with Crippen LogP contribution in [0.15, 0.2) is 101 Å². The highest BCUT2D eigenvalue weighted by atomic mass is 16.6. The van der Waals surface area contributed by atoms with Crippen molar-refractivity contribution in [2.24, 2.45) is 5.73 Å². The first-order valence-electron chi connectivity index (χ1n) is 27.0. The molecule has 4 aromatic carbocycles. The van der Waals surface area contributed by atoms with Crippen molar-refractivity contribution in [2.75, 3.05) is 37.7 Å². The largest absolute Gasteiger partial charge is 0.457 e. The molecule has 85 heavy (non-hydrogen) atoms. The number of carbonyl (C=O) groups is 5. The molecule has 453 valence electrons. The van der Waals surface area contributed by atoms with Crippen molar-refractivity contribution in [1.29, 1.82) is 10.8 Å². The fourth-order valence-corrected chi connectivity index (χ4v) is 9.99. The summed E-state index contributed by atoms with van der Waals surface area (Å²) < 4.78 is 17.8. The van der Waals surface area contributed by atoms with Gasteiger partial charge in [-0.1, -0.05) is 55.0 Å². The summed E-state index contributed by atoms with van der Waals surface area (Å²) in [5, 5.41) is 110. The summed E-state index contributed by atoms with van der Waals surface area (Å²) in [5.74, 6) is -5.88. The van der Waals surface area contributed by atoms with E-state index in [4.69, 9.17) is 35.4 Å². The van der Waals surface area contributed by atoms with Gasteiger partial charge in [-0.05, 0) is 74.0 Å². The molecule has 0 saturated carbocycles. The minimum absolute atomic E-state index is 0.120. The van der Waals surface area contributed by atoms with Crippen molar-refractivity contribution in [3.05, 3.63) is 108 Å². The summed E-state index contributed by atoms with van der Waals surface area (Å²) in [4.78, 5) is 90.2. The Morgan fingerprint density at radius 1 is 0.824 bits per heavy atom. The number of oxazole rings is 1. The maximum absolute atomic E-state index is 14.6. The second kappa shape index (κ2) is 27.4. The topological polar surface area (TPSA) is 453 Å². The Morgan fingerprint density at radius 2 is 1.52 bits per heavy atom. The molecule has 15 atom stereocenters. The molecule has 10 unspecified atom stereocenters. The number of nitrogens with one attached hydrogen (secondary N) is 9. The number of benzene rings is 4. The van der Waals surface area contributed by atoms with Gasteiger partial charge in [-0.3, -0.25) is 44.5 Å². The normalized spacial score (nSPS) is 23.1. The van der Waals surface area contributed by atoms with Crippen LogP contribution in [0.3, 0.4) is 0 Å². The Morgan fingerprint density at radius 3 is 2.18 bits per heavy atom. The second-order valence-corrected chi connectivity index (χ2v) is 20.8. The van der Waals surface area contributed by atoms with E-state index in [1.54, 1.807) is 73.7 Å². The van der Waals surface area contributed by atoms with E-state index in [0.29, 0.717) is 33.7 Å². The fourth-order valence-electron chi connectivity index (χ4n) is 9.99. The third-order valence-corrected chi connectivity index (χ3v) is 14.8. The Bertz CT molecular complexity index is 3230. The van der Waals surface area contributed by atoms with Gasteiger partial charge >= 0.3 is 0 Å². The minimum Gasteiger partial charge on any atom is -0.457 e. The molecular weight excluding hydrogens is 1110 g/mol. The maximum Gasteiger partial charge on any atom is 0.247 e. The maximum atomic E-state index is 14.6. The number of rotatable bonds is 24. The van der Waals surface area contributed by atoms with E-state index in [1.165, 1.54) is 6.92 Å². The van der Waals surface area contributed by atoms with Gasteiger partial charge in [0.15, 0.2) is 23.7 Å². The number of hydrogen-bond acceptors (Lipinski definition) is 20. The zero-order valence-corrected chi connectivity index (χ0v) is 46.2. The number of carbonyl (C=O) groups excluding carboxylic acids is 6. The van der Waals surface area contributed by atoms with Gasteiger partial charge in [0.2, 0.25) is 41.7 Å². The van der Waals surface area contributed by atoms with Gasteiger partial charge < -0.3 is 97.5 Å². The lowest BCUT2D eigenvalue weighted by Crippen LogP contribution is -2.69. The molecule has 5 amide bonds. The van der Waals surface area contributed by atoms with E-state index in [2.05, 4.69) is 37.2 Å². The summed E-state index contributed by atoms with van der Waals surface area (Å²) in [5.41, 5.74) is 9.11. The third kappa shape index (κ3) is 14.1. The number of anilines is 1. The zero-order valence-electron chi connectivity index (χ0n) is 46.2. The highest BCUT2D eigenvalue weighted by molar-refractivity contribution is 6.01. The molecule has 1 aromatic heterocycles. The van der Waals surface area contributed by atoms with Gasteiger partial charge in [0.1, 0.15) is 77.8 Å². The average molecular weight is 1180 g/mol. The summed E-state index contributed by atoms with van der Waals surface area (Å²) in [6, 6.07) is 16.3. The number of fused-ring (bicyclic) bond motifs is 1. The van der Waals surface area contributed by atoms with E-state index >= 15 is 0 Å². The SMILES string of the molecule is Cc1ccc(Oc2cccc(-c3nc4cc(C(C)[C@@H]([C]=O)N(C(=O)CNC(=O)[C@H](CO)NC(=O)[C@@H](NC(=O)[C@@H](NC(=O)[C@H](C)N)C(O)C5CNC(=N)N5)C(O)C5CNC(=N)N5C5OC(CO)C(O)C(O)C5O)c5ccccc5)ccc4o3)c2)cc1. The molecule has 3 aliphatic heterocycles. The van der Waals surface area contributed by atoms with Crippen LogP contribution >= 0.6 is 0 Å². The number of guanidine groups is 2. The lowest BCUT2D eigenvalue weighted by atomic mass is 9.92. The van der Waals surface area contributed by atoms with Crippen LogP contribution in [0.4, 0.5) is 5.69 Å². The van der Waals surface area contributed by atoms with Crippen molar-refractivity contribution in [1.82, 2.24) is 47.1 Å². The van der Waals surface area contributed by atoms with Crippen LogP contribution in [0.25, 0.3) is 22.6 Å².